The maximum absolute atomic E-state index is 13.7. The number of aromatic nitrogens is 2. The van der Waals surface area contributed by atoms with Crippen molar-refractivity contribution in [3.63, 3.8) is 0 Å². The number of thioether (sulfide) groups is 1. The smallest absolute Gasteiger partial charge is 0.186 e. The predicted molar refractivity (Wildman–Crippen MR) is 464 cm³/mol. The normalized spacial score (nSPS) is 17.5. The van der Waals surface area contributed by atoms with Crippen molar-refractivity contribution >= 4 is 196 Å². The standard InChI is InChI=1S/C22H26N2O3S.C20H21NO2S.C16H19NO3.C7H12O.CO2.4CH4.I4.I3.I2/c1-3-10-24-20(25)18-19(23-21(24)28-14-13-26-2)17-7-5-4-6-16(17)15-22(18)8-11-27-12-9-22;1-2-9-21-17(24)12-16-15-6-4-3-5-14(15)13-20(18(16)19(21)22)7-10-23-11-8-20;1-19-15(18)13-14(17)12-5-3-2-4-11(12)10-16(13)6-8-20-9-7-16;1-2-7-3-5-8-6-4-7;2-1-3;;;;;1-4(2)3;1-3-2;1-2/h3-7H,1,8-15H2,2H3;2-6H,1,7-13H2;2-5H,6-10,17H2,1H3;2H,3-6H2,1H3;;4*1H4;;;/q;;;;;;;;;;-1;. The number of nitrogens with two attached hydrogens (primary N) is 1. The minimum Gasteiger partial charge on any atom is -0.186 e. The number of methoxy groups -OCH3 is 2. The molecule has 0 unspecified atom stereocenters. The van der Waals surface area contributed by atoms with E-state index in [0.29, 0.717) is 82.1 Å². The average Bonchev–Trinajstić information content (AvgIpc) is 0.739. The van der Waals surface area contributed by atoms with Gasteiger partial charge in [0.15, 0.2) is 5.16 Å². The van der Waals surface area contributed by atoms with Crippen molar-refractivity contribution in [2.45, 2.75) is 131 Å². The number of hydrogen-bond acceptors (Lipinski definition) is 15. The number of thiocarbonyl (C=S) groups is 1. The largest absolute Gasteiger partial charge is 0.373 e. The van der Waals surface area contributed by atoms with Gasteiger partial charge >= 0.3 is 126 Å². The quantitative estimate of drug-likeness (QED) is 0.0317. The molecule has 0 saturated carbocycles. The topological polar surface area (TPSA) is 188 Å². The summed E-state index contributed by atoms with van der Waals surface area (Å²) in [6, 6.07) is 24.9. The van der Waals surface area contributed by atoms with Crippen LogP contribution in [-0.2, 0) is 78.8 Å². The predicted octanol–water partition coefficient (Wildman–Crippen LogP) is 16.7. The summed E-state index contributed by atoms with van der Waals surface area (Å²) in [6.07, 6.45) is 16.7. The molecule has 2 N–H and O–H groups in total. The molecule has 6 heterocycles. The summed E-state index contributed by atoms with van der Waals surface area (Å²) in [5.74, 6) is 0.524. The first-order chi connectivity index (χ1) is 44.5. The summed E-state index contributed by atoms with van der Waals surface area (Å²) in [5.41, 5.74) is 19.6. The van der Waals surface area contributed by atoms with E-state index in [1.165, 1.54) is 29.4 Å². The van der Waals surface area contributed by atoms with Gasteiger partial charge in [-0.1, -0.05) is 150 Å². The van der Waals surface area contributed by atoms with E-state index >= 15 is 0 Å². The maximum atomic E-state index is 13.7. The van der Waals surface area contributed by atoms with Crippen molar-refractivity contribution in [1.29, 1.82) is 0 Å². The molecular weight excluding hydrogens is 2280 g/mol. The van der Waals surface area contributed by atoms with Gasteiger partial charge in [-0.3, -0.25) is 19.1 Å². The van der Waals surface area contributed by atoms with E-state index in [1.54, 1.807) is 46.1 Å². The van der Waals surface area contributed by atoms with Gasteiger partial charge in [0.25, 0.3) is 11.5 Å². The van der Waals surface area contributed by atoms with Crippen LogP contribution in [0.4, 0.5) is 0 Å². The number of ether oxygens (including phenoxy) is 6. The molecule has 4 fully saturated rings. The van der Waals surface area contributed by atoms with Crippen LogP contribution in [-0.4, -0.2) is 123 Å². The molecule has 12 rings (SSSR count). The van der Waals surface area contributed by atoms with E-state index < -0.39 is 0 Å². The Bertz CT molecular complexity index is 3310. The number of rotatable bonds is 9. The van der Waals surface area contributed by atoms with Gasteiger partial charge in [-0.05, 0) is 105 Å². The van der Waals surface area contributed by atoms with Crippen LogP contribution < -0.4 is 24.5 Å². The summed E-state index contributed by atoms with van der Waals surface area (Å²) in [7, 11) is 2.74. The van der Waals surface area contributed by atoms with Gasteiger partial charge in [-0.25, -0.2) is 9.78 Å². The van der Waals surface area contributed by atoms with Gasteiger partial charge in [-0.2, -0.15) is 9.59 Å². The molecule has 0 radical (unpaired) electrons. The first-order valence-corrected chi connectivity index (χ1v) is 68.7. The Morgan fingerprint density at radius 2 is 1.16 bits per heavy atom. The monoisotopic (exact) mass is 2370 g/mol. The number of hydrogen-bond donors (Lipinski definition) is 1. The number of esters is 1. The molecule has 3 aromatic carbocycles. The number of amides is 1. The molecule has 1 amide bonds. The Hall–Kier alpha value is 0.170. The average molecular weight is 2370 g/mol. The number of nitrogens with zero attached hydrogens (tertiary/aromatic N) is 3. The van der Waals surface area contributed by atoms with E-state index in [0.717, 1.165) is 141 Å². The van der Waals surface area contributed by atoms with Crippen molar-refractivity contribution in [2.75, 3.05) is 86.0 Å². The summed E-state index contributed by atoms with van der Waals surface area (Å²) >= 11 is 24.1. The molecule has 3 spiro atoms. The molecule has 3 aliphatic carbocycles. The fourth-order valence-electron chi connectivity index (χ4n) is 13.1. The van der Waals surface area contributed by atoms with E-state index in [1.807, 2.05) is 24.3 Å². The van der Waals surface area contributed by atoms with Crippen LogP contribution in [0.15, 0.2) is 131 Å². The van der Waals surface area contributed by atoms with Gasteiger partial charge in [0.05, 0.1) is 54.4 Å². The molecular formula is C70H94I9N4O11S2-. The van der Waals surface area contributed by atoms with Gasteiger partial charge < -0.3 is 34.2 Å². The Balaban J connectivity index is 0.000000623. The Morgan fingerprint density at radius 1 is 0.729 bits per heavy atom. The van der Waals surface area contributed by atoms with Crippen molar-refractivity contribution in [1.82, 2.24) is 14.5 Å². The Morgan fingerprint density at radius 3 is 1.64 bits per heavy atom. The van der Waals surface area contributed by atoms with Crippen LogP contribution in [0.5, 0.6) is 0 Å². The Labute approximate surface area is 670 Å². The van der Waals surface area contributed by atoms with Crippen LogP contribution in [0.2, 0.25) is 0 Å². The van der Waals surface area contributed by atoms with Crippen molar-refractivity contribution in [3.05, 3.63) is 165 Å². The second-order valence-corrected chi connectivity index (χ2v) is 88.6. The van der Waals surface area contributed by atoms with Crippen LogP contribution in [0.3, 0.4) is 0 Å². The minimum atomic E-state index is -0.353. The minimum absolute atomic E-state index is 0. The van der Waals surface area contributed by atoms with E-state index in [2.05, 4.69) is 205 Å². The fraction of sp³-hybridized carbons (Fsp3) is 0.486. The molecule has 5 aliphatic heterocycles. The summed E-state index contributed by atoms with van der Waals surface area (Å²) in [4.78, 5) is 63.0. The fourth-order valence-corrected chi connectivity index (χ4v) is 14.3. The second-order valence-electron chi connectivity index (χ2n) is 22.1. The molecule has 1 aromatic heterocycles. The van der Waals surface area contributed by atoms with Crippen molar-refractivity contribution in [2.24, 2.45) is 16.6 Å². The van der Waals surface area contributed by atoms with E-state index in [-0.39, 0.29) is 77.4 Å². The zero-order valence-corrected chi connectivity index (χ0v) is 72.7. The number of allylic oxidation sites excluding steroid dienone is 2. The van der Waals surface area contributed by atoms with Gasteiger partial charge in [-0.15, -0.1) is 13.2 Å². The van der Waals surface area contributed by atoms with Gasteiger partial charge in [0.2, 0.25) is 0 Å². The zero-order chi connectivity index (χ0) is 67.3. The SMILES string of the molecule is C.C.C.C.C=CCN1C(=O)C2=C(CC1=S)c1ccccc1CC21CCOCC1.C=CCn1c(SCCOC)nc2c(c1=O)C1(CCOCC1)Cc1ccccc1-2.CC=C1CCOCC1.COC(=O)C1=C(N)c2ccccc2CC12CCOCC2.II.II(I)I.I[I-]I.O=C=O. The first kappa shape index (κ1) is 94.2. The summed E-state index contributed by atoms with van der Waals surface area (Å²) in [6.45, 7) is 17.3. The third-order valence-electron chi connectivity index (χ3n) is 17.3. The van der Waals surface area contributed by atoms with Crippen LogP contribution in [0, 0.1) is 10.8 Å². The molecule has 536 valence electrons. The zero-order valence-electron chi connectivity index (χ0n) is 51.7. The summed E-state index contributed by atoms with van der Waals surface area (Å²) in [5, 5.41) is 0.736. The summed E-state index contributed by atoms with van der Waals surface area (Å²) < 4.78 is 33.8. The number of carbonyl (C=O) groups excluding carboxylic acids is 4. The maximum Gasteiger partial charge on any atom is 0.373 e. The third-order valence-corrected chi connectivity index (χ3v) is 18.6. The molecule has 96 heavy (non-hydrogen) atoms. The molecule has 4 aromatic rings. The molecule has 15 nitrogen and oxygen atoms in total. The second kappa shape index (κ2) is 49.8. The third kappa shape index (κ3) is 25.5. The number of fused-ring (bicyclic) bond motifs is 8. The Kier molecular flexibility index (Phi) is 48.9. The van der Waals surface area contributed by atoms with E-state index in [9.17, 15) is 14.4 Å². The number of halogens is 9. The van der Waals surface area contributed by atoms with Crippen molar-refractivity contribution < 1.29 is 60.9 Å². The molecule has 0 bridgehead atoms. The van der Waals surface area contributed by atoms with E-state index in [4.69, 9.17) is 60.9 Å². The van der Waals surface area contributed by atoms with Gasteiger partial charge in [0, 0.05) is 142 Å². The number of benzene rings is 3. The van der Waals surface area contributed by atoms with Crippen LogP contribution in [0.1, 0.15) is 128 Å². The molecule has 26 heteroatoms. The molecule has 0 atom stereocenters. The molecule has 8 aliphatic rings. The van der Waals surface area contributed by atoms with Crippen LogP contribution in [0.25, 0.3) is 22.5 Å². The van der Waals surface area contributed by atoms with Gasteiger partial charge in [0.1, 0.15) is 0 Å². The molecule has 4 saturated heterocycles. The van der Waals surface area contributed by atoms with Crippen molar-refractivity contribution in [3.8, 4) is 11.3 Å². The number of carbonyl (C=O) groups is 2. The van der Waals surface area contributed by atoms with Crippen LogP contribution >= 0.6 is 162 Å². The first-order valence-electron chi connectivity index (χ1n) is 29.6.